The standard InChI is InChI=1S/C21H24F3NO4S/c22-21(23,24)17-11-8-12-18(15-17)30(28,29)25-19(16-9-4-3-5-10-16)13-6-1-2-7-14-20(26)27/h3-5,8-12,15,19,25H,1-2,6-7,13-14H2,(H,26,27). The van der Waals surface area contributed by atoms with E-state index >= 15 is 0 Å². The van der Waals surface area contributed by atoms with Crippen LogP contribution in [0, 0.1) is 0 Å². The van der Waals surface area contributed by atoms with Crippen molar-refractivity contribution in [1.82, 2.24) is 4.72 Å². The van der Waals surface area contributed by atoms with Gasteiger partial charge in [0, 0.05) is 12.5 Å². The molecule has 0 saturated carbocycles. The molecule has 2 aromatic carbocycles. The van der Waals surface area contributed by atoms with Gasteiger partial charge in [0.2, 0.25) is 10.0 Å². The Labute approximate surface area is 174 Å². The molecule has 0 spiro atoms. The minimum absolute atomic E-state index is 0.0876. The molecular weight excluding hydrogens is 419 g/mol. The van der Waals surface area contributed by atoms with Crippen LogP contribution in [0.4, 0.5) is 13.2 Å². The lowest BCUT2D eigenvalue weighted by molar-refractivity contribution is -0.138. The Kier molecular flexibility index (Phi) is 8.43. The SMILES string of the molecule is O=C(O)CCCCCCC(NS(=O)(=O)c1cccc(C(F)(F)F)c1)c1ccccc1. The van der Waals surface area contributed by atoms with Gasteiger partial charge in [0.15, 0.2) is 0 Å². The molecule has 0 aliphatic carbocycles. The van der Waals surface area contributed by atoms with E-state index in [-0.39, 0.29) is 6.42 Å². The quantitative estimate of drug-likeness (QED) is 0.471. The summed E-state index contributed by atoms with van der Waals surface area (Å²) in [4.78, 5) is 10.1. The fourth-order valence-corrected chi connectivity index (χ4v) is 4.36. The van der Waals surface area contributed by atoms with Gasteiger partial charge in [-0.3, -0.25) is 4.79 Å². The minimum Gasteiger partial charge on any atom is -0.481 e. The lowest BCUT2D eigenvalue weighted by Gasteiger charge is -2.20. The molecule has 164 valence electrons. The third-order valence-electron chi connectivity index (χ3n) is 4.60. The van der Waals surface area contributed by atoms with Crippen molar-refractivity contribution in [2.24, 2.45) is 0 Å². The molecule has 1 unspecified atom stereocenters. The highest BCUT2D eigenvalue weighted by Gasteiger charge is 2.32. The highest BCUT2D eigenvalue weighted by Crippen LogP contribution is 2.31. The van der Waals surface area contributed by atoms with Gasteiger partial charge in [0.05, 0.1) is 10.5 Å². The van der Waals surface area contributed by atoms with Crippen molar-refractivity contribution in [2.75, 3.05) is 0 Å². The van der Waals surface area contributed by atoms with E-state index in [4.69, 9.17) is 5.11 Å². The molecule has 0 radical (unpaired) electrons. The second kappa shape index (κ2) is 10.6. The molecule has 30 heavy (non-hydrogen) atoms. The molecule has 0 aliphatic rings. The number of carbonyl (C=O) groups is 1. The summed E-state index contributed by atoms with van der Waals surface area (Å²) in [6.45, 7) is 0. The molecule has 0 aliphatic heterocycles. The number of rotatable bonds is 11. The zero-order valence-electron chi connectivity index (χ0n) is 16.2. The van der Waals surface area contributed by atoms with Gasteiger partial charge in [-0.05, 0) is 36.6 Å². The molecule has 0 amide bonds. The van der Waals surface area contributed by atoms with E-state index < -0.39 is 38.7 Å². The van der Waals surface area contributed by atoms with Crippen LogP contribution in [0.2, 0.25) is 0 Å². The third-order valence-corrected chi connectivity index (χ3v) is 6.07. The molecular formula is C21H24F3NO4S. The first kappa shape index (κ1) is 23.9. The molecule has 2 rings (SSSR count). The third kappa shape index (κ3) is 7.46. The second-order valence-electron chi connectivity index (χ2n) is 6.96. The first-order chi connectivity index (χ1) is 14.1. The van der Waals surface area contributed by atoms with Gasteiger partial charge in [-0.2, -0.15) is 13.2 Å². The van der Waals surface area contributed by atoms with Crippen molar-refractivity contribution in [1.29, 1.82) is 0 Å². The first-order valence-electron chi connectivity index (χ1n) is 9.56. The number of benzene rings is 2. The molecule has 9 heteroatoms. The number of sulfonamides is 1. The Bertz CT molecular complexity index is 931. The van der Waals surface area contributed by atoms with E-state index in [0.29, 0.717) is 37.3 Å². The van der Waals surface area contributed by atoms with Crippen molar-refractivity contribution in [3.8, 4) is 0 Å². The van der Waals surface area contributed by atoms with Crippen LogP contribution in [-0.2, 0) is 21.0 Å². The lowest BCUT2D eigenvalue weighted by atomic mass is 10.0. The van der Waals surface area contributed by atoms with Gasteiger partial charge in [0.25, 0.3) is 0 Å². The monoisotopic (exact) mass is 443 g/mol. The number of unbranched alkanes of at least 4 members (excludes halogenated alkanes) is 3. The normalized spacial score (nSPS) is 13.2. The average Bonchev–Trinajstić information content (AvgIpc) is 2.69. The average molecular weight is 443 g/mol. The van der Waals surface area contributed by atoms with Gasteiger partial charge in [0.1, 0.15) is 0 Å². The van der Waals surface area contributed by atoms with Crippen LogP contribution < -0.4 is 4.72 Å². The Morgan fingerprint density at radius 2 is 1.63 bits per heavy atom. The van der Waals surface area contributed by atoms with Gasteiger partial charge < -0.3 is 5.11 Å². The summed E-state index contributed by atoms with van der Waals surface area (Å²) in [5.41, 5.74) is -0.321. The van der Waals surface area contributed by atoms with Crippen LogP contribution >= 0.6 is 0 Å². The van der Waals surface area contributed by atoms with Crippen molar-refractivity contribution in [3.63, 3.8) is 0 Å². The lowest BCUT2D eigenvalue weighted by Crippen LogP contribution is -2.29. The van der Waals surface area contributed by atoms with Crippen LogP contribution in [0.3, 0.4) is 0 Å². The molecule has 0 aromatic heterocycles. The zero-order valence-corrected chi connectivity index (χ0v) is 17.0. The fraction of sp³-hybridized carbons (Fsp3) is 0.381. The largest absolute Gasteiger partial charge is 0.481 e. The van der Waals surface area contributed by atoms with E-state index in [0.717, 1.165) is 24.6 Å². The summed E-state index contributed by atoms with van der Waals surface area (Å²) in [5, 5.41) is 8.67. The molecule has 0 fully saturated rings. The number of carboxylic acids is 1. The first-order valence-corrected chi connectivity index (χ1v) is 11.0. The van der Waals surface area contributed by atoms with E-state index in [1.54, 1.807) is 30.3 Å². The van der Waals surface area contributed by atoms with E-state index in [2.05, 4.69) is 4.72 Å². The summed E-state index contributed by atoms with van der Waals surface area (Å²) in [6.07, 6.45) is -1.50. The molecule has 2 aromatic rings. The Balaban J connectivity index is 2.12. The van der Waals surface area contributed by atoms with E-state index in [1.165, 1.54) is 0 Å². The molecule has 5 nitrogen and oxygen atoms in total. The summed E-state index contributed by atoms with van der Waals surface area (Å²) < 4.78 is 66.9. The number of nitrogens with one attached hydrogen (secondary N) is 1. The Hall–Kier alpha value is -2.39. The van der Waals surface area contributed by atoms with Crippen LogP contribution in [-0.4, -0.2) is 19.5 Å². The number of hydrogen-bond acceptors (Lipinski definition) is 3. The minimum atomic E-state index is -4.64. The van der Waals surface area contributed by atoms with Crippen molar-refractivity contribution >= 4 is 16.0 Å². The zero-order chi connectivity index (χ0) is 22.2. The van der Waals surface area contributed by atoms with Gasteiger partial charge >= 0.3 is 12.1 Å². The highest BCUT2D eigenvalue weighted by atomic mass is 32.2. The Morgan fingerprint density at radius 3 is 2.27 bits per heavy atom. The number of alkyl halides is 3. The van der Waals surface area contributed by atoms with E-state index in [1.807, 2.05) is 0 Å². The predicted octanol–water partition coefficient (Wildman–Crippen LogP) is 5.15. The molecule has 1 atom stereocenters. The predicted molar refractivity (Wildman–Crippen MR) is 106 cm³/mol. The second-order valence-corrected chi connectivity index (χ2v) is 8.67. The van der Waals surface area contributed by atoms with Crippen LogP contribution in [0.25, 0.3) is 0 Å². The number of aliphatic carboxylic acids is 1. The van der Waals surface area contributed by atoms with Crippen LogP contribution in [0.5, 0.6) is 0 Å². The topological polar surface area (TPSA) is 83.5 Å². The number of halogens is 3. The Morgan fingerprint density at radius 1 is 0.967 bits per heavy atom. The van der Waals surface area contributed by atoms with Crippen molar-refractivity contribution in [2.45, 2.75) is 55.6 Å². The fourth-order valence-electron chi connectivity index (χ4n) is 3.05. The maximum atomic E-state index is 12.9. The molecule has 0 bridgehead atoms. The van der Waals surface area contributed by atoms with Crippen molar-refractivity contribution < 1.29 is 31.5 Å². The molecule has 0 saturated heterocycles. The maximum absolute atomic E-state index is 12.9. The van der Waals surface area contributed by atoms with E-state index in [9.17, 15) is 26.4 Å². The smallest absolute Gasteiger partial charge is 0.416 e. The molecule has 0 heterocycles. The summed E-state index contributed by atoms with van der Waals surface area (Å²) in [7, 11) is -4.18. The van der Waals surface area contributed by atoms with Gasteiger partial charge in [-0.15, -0.1) is 0 Å². The van der Waals surface area contributed by atoms with Gasteiger partial charge in [-0.25, -0.2) is 13.1 Å². The van der Waals surface area contributed by atoms with Crippen LogP contribution in [0.15, 0.2) is 59.5 Å². The highest BCUT2D eigenvalue weighted by molar-refractivity contribution is 7.89. The summed E-state index contributed by atoms with van der Waals surface area (Å²) in [5.74, 6) is -0.856. The number of hydrogen-bond donors (Lipinski definition) is 2. The van der Waals surface area contributed by atoms with Crippen LogP contribution in [0.1, 0.15) is 55.7 Å². The van der Waals surface area contributed by atoms with Gasteiger partial charge in [-0.1, -0.05) is 55.7 Å². The maximum Gasteiger partial charge on any atom is 0.416 e. The summed E-state index contributed by atoms with van der Waals surface area (Å²) >= 11 is 0. The summed E-state index contributed by atoms with van der Waals surface area (Å²) in [6, 6.07) is 11.8. The van der Waals surface area contributed by atoms with Crippen molar-refractivity contribution in [3.05, 3.63) is 65.7 Å². The number of carboxylic acid groups (broad SMARTS) is 1. The molecule has 2 N–H and O–H groups in total.